The van der Waals surface area contributed by atoms with E-state index in [1.807, 2.05) is 24.3 Å². The van der Waals surface area contributed by atoms with Crippen LogP contribution in [0, 0.1) is 0 Å². The number of para-hydroxylation sites is 2. The van der Waals surface area contributed by atoms with Gasteiger partial charge in [0.15, 0.2) is 11.9 Å². The van der Waals surface area contributed by atoms with Gasteiger partial charge in [-0.15, -0.1) is 12.4 Å². The molecule has 4 rings (SSSR count). The molecule has 24 heavy (non-hydrogen) atoms. The number of carbonyl (C=O) groups is 1. The van der Waals surface area contributed by atoms with Gasteiger partial charge in [-0.25, -0.2) is 0 Å². The monoisotopic (exact) mass is 350 g/mol. The zero-order valence-electron chi connectivity index (χ0n) is 13.3. The SMILES string of the molecule is CC1Oc2ccccc2N(Cc2nc(C3(N)CCC3)no2)C1=O.Cl. The van der Waals surface area contributed by atoms with E-state index >= 15 is 0 Å². The molecule has 1 unspecified atom stereocenters. The molecule has 1 aliphatic heterocycles. The number of fused-ring (bicyclic) bond motifs is 1. The van der Waals surface area contributed by atoms with Crippen molar-refractivity contribution in [3.8, 4) is 5.75 Å². The number of hydrogen-bond acceptors (Lipinski definition) is 6. The first-order valence-electron chi connectivity index (χ1n) is 7.76. The number of amides is 1. The summed E-state index contributed by atoms with van der Waals surface area (Å²) in [5.74, 6) is 1.46. The van der Waals surface area contributed by atoms with Gasteiger partial charge in [-0.3, -0.25) is 9.69 Å². The van der Waals surface area contributed by atoms with Gasteiger partial charge < -0.3 is 15.0 Å². The summed E-state index contributed by atoms with van der Waals surface area (Å²) in [5, 5.41) is 4.00. The summed E-state index contributed by atoms with van der Waals surface area (Å²) in [6.07, 6.45) is 2.26. The van der Waals surface area contributed by atoms with E-state index in [0.717, 1.165) is 19.3 Å². The number of nitrogens with zero attached hydrogens (tertiary/aromatic N) is 3. The van der Waals surface area contributed by atoms with Crippen molar-refractivity contribution in [2.24, 2.45) is 5.73 Å². The van der Waals surface area contributed by atoms with E-state index in [-0.39, 0.29) is 24.9 Å². The zero-order chi connectivity index (χ0) is 16.0. The predicted molar refractivity (Wildman–Crippen MR) is 89.0 cm³/mol. The molecule has 2 aromatic rings. The minimum Gasteiger partial charge on any atom is -0.479 e. The number of benzene rings is 1. The molecular weight excluding hydrogens is 332 g/mol. The number of anilines is 1. The van der Waals surface area contributed by atoms with Crippen molar-refractivity contribution in [1.82, 2.24) is 10.1 Å². The number of ether oxygens (including phenoxy) is 1. The highest BCUT2D eigenvalue weighted by atomic mass is 35.5. The zero-order valence-corrected chi connectivity index (χ0v) is 14.1. The van der Waals surface area contributed by atoms with Crippen LogP contribution in [0.25, 0.3) is 0 Å². The van der Waals surface area contributed by atoms with Crippen LogP contribution in [-0.2, 0) is 16.9 Å². The highest BCUT2D eigenvalue weighted by molar-refractivity contribution is 5.99. The molecule has 1 saturated carbocycles. The quantitative estimate of drug-likeness (QED) is 0.911. The van der Waals surface area contributed by atoms with E-state index in [4.69, 9.17) is 15.0 Å². The maximum absolute atomic E-state index is 12.4. The minimum atomic E-state index is -0.542. The van der Waals surface area contributed by atoms with Gasteiger partial charge >= 0.3 is 0 Å². The molecule has 1 fully saturated rings. The summed E-state index contributed by atoms with van der Waals surface area (Å²) in [6.45, 7) is 1.94. The second kappa shape index (κ2) is 6.07. The van der Waals surface area contributed by atoms with Crippen molar-refractivity contribution in [2.75, 3.05) is 4.90 Å². The average Bonchev–Trinajstić information content (AvgIpc) is 2.98. The van der Waals surface area contributed by atoms with Crippen LogP contribution in [0.2, 0.25) is 0 Å². The second-order valence-electron chi connectivity index (χ2n) is 6.17. The number of carbonyl (C=O) groups excluding carboxylic acids is 1. The van der Waals surface area contributed by atoms with Crippen molar-refractivity contribution < 1.29 is 14.1 Å². The Morgan fingerprint density at radius 3 is 2.83 bits per heavy atom. The molecule has 1 aromatic carbocycles. The third-order valence-electron chi connectivity index (χ3n) is 4.53. The first-order chi connectivity index (χ1) is 11.1. The fourth-order valence-electron chi connectivity index (χ4n) is 2.96. The highest BCUT2D eigenvalue weighted by Crippen LogP contribution is 2.38. The number of hydrogen-bond donors (Lipinski definition) is 1. The maximum atomic E-state index is 12.4. The van der Waals surface area contributed by atoms with Crippen molar-refractivity contribution in [3.05, 3.63) is 36.0 Å². The Labute approximate surface area is 145 Å². The van der Waals surface area contributed by atoms with Gasteiger partial charge in [0.1, 0.15) is 12.3 Å². The molecule has 1 atom stereocenters. The molecule has 0 saturated heterocycles. The van der Waals surface area contributed by atoms with Crippen molar-refractivity contribution >= 4 is 24.0 Å². The summed E-state index contributed by atoms with van der Waals surface area (Å²) in [7, 11) is 0. The van der Waals surface area contributed by atoms with Crippen LogP contribution in [0.4, 0.5) is 5.69 Å². The van der Waals surface area contributed by atoms with Crippen LogP contribution in [0.1, 0.15) is 37.9 Å². The van der Waals surface area contributed by atoms with Gasteiger partial charge in [0.25, 0.3) is 5.91 Å². The molecule has 0 radical (unpaired) electrons. The Kier molecular flexibility index (Phi) is 4.23. The first-order valence-corrected chi connectivity index (χ1v) is 7.76. The molecule has 2 heterocycles. The number of aromatic nitrogens is 2. The maximum Gasteiger partial charge on any atom is 0.268 e. The fraction of sp³-hybridized carbons (Fsp3) is 0.438. The van der Waals surface area contributed by atoms with Crippen LogP contribution in [0.5, 0.6) is 5.75 Å². The third-order valence-corrected chi connectivity index (χ3v) is 4.53. The standard InChI is InChI=1S/C16H18N4O3.ClH/c1-10-14(21)20(11-5-2-3-6-12(11)22-10)9-13-18-15(19-23-13)16(17)7-4-8-16;/h2-3,5-6,10H,4,7-9,17H2,1H3;1H. The lowest BCUT2D eigenvalue weighted by atomic mass is 9.77. The Hall–Kier alpha value is -2.12. The second-order valence-corrected chi connectivity index (χ2v) is 6.17. The first kappa shape index (κ1) is 16.7. The van der Waals surface area contributed by atoms with E-state index in [9.17, 15) is 4.79 Å². The van der Waals surface area contributed by atoms with Gasteiger partial charge in [-0.2, -0.15) is 4.98 Å². The Bertz CT molecular complexity index is 759. The highest BCUT2D eigenvalue weighted by Gasteiger charge is 2.39. The van der Waals surface area contributed by atoms with Gasteiger partial charge in [-0.05, 0) is 38.3 Å². The topological polar surface area (TPSA) is 94.5 Å². The number of nitrogens with two attached hydrogens (primary N) is 1. The van der Waals surface area contributed by atoms with E-state index < -0.39 is 11.6 Å². The van der Waals surface area contributed by atoms with Crippen molar-refractivity contribution in [3.63, 3.8) is 0 Å². The van der Waals surface area contributed by atoms with E-state index in [0.29, 0.717) is 23.2 Å². The van der Waals surface area contributed by atoms with Crippen LogP contribution in [0.3, 0.4) is 0 Å². The van der Waals surface area contributed by atoms with Gasteiger partial charge in [0.05, 0.1) is 11.2 Å². The van der Waals surface area contributed by atoms with E-state index in [1.165, 1.54) is 0 Å². The van der Waals surface area contributed by atoms with E-state index in [1.54, 1.807) is 11.8 Å². The molecule has 2 aliphatic rings. The number of halogens is 1. The fourth-order valence-corrected chi connectivity index (χ4v) is 2.96. The summed E-state index contributed by atoms with van der Waals surface area (Å²) in [5.41, 5.74) is 6.45. The molecule has 2 N–H and O–H groups in total. The van der Waals surface area contributed by atoms with E-state index in [2.05, 4.69) is 10.1 Å². The Balaban J connectivity index is 0.00000169. The lowest BCUT2D eigenvalue weighted by molar-refractivity contribution is -0.125. The summed E-state index contributed by atoms with van der Waals surface area (Å²) in [6, 6.07) is 7.42. The molecule has 1 aromatic heterocycles. The molecular formula is C16H19ClN4O3. The summed E-state index contributed by atoms with van der Waals surface area (Å²) in [4.78, 5) is 18.5. The van der Waals surface area contributed by atoms with Gasteiger partial charge in [0, 0.05) is 0 Å². The number of rotatable bonds is 3. The molecule has 0 bridgehead atoms. The summed E-state index contributed by atoms with van der Waals surface area (Å²) < 4.78 is 10.9. The van der Waals surface area contributed by atoms with Crippen LogP contribution in [0.15, 0.2) is 28.8 Å². The molecule has 1 aliphatic carbocycles. The molecule has 1 amide bonds. The Morgan fingerprint density at radius 2 is 2.12 bits per heavy atom. The summed E-state index contributed by atoms with van der Waals surface area (Å²) >= 11 is 0. The molecule has 7 nitrogen and oxygen atoms in total. The third kappa shape index (κ3) is 2.63. The smallest absolute Gasteiger partial charge is 0.268 e. The van der Waals surface area contributed by atoms with Crippen molar-refractivity contribution in [2.45, 2.75) is 44.4 Å². The lowest BCUT2D eigenvalue weighted by Gasteiger charge is -2.34. The van der Waals surface area contributed by atoms with Gasteiger partial charge in [0.2, 0.25) is 5.89 Å². The predicted octanol–water partition coefficient (Wildman–Crippen LogP) is 2.14. The van der Waals surface area contributed by atoms with Gasteiger partial charge in [-0.1, -0.05) is 17.3 Å². The van der Waals surface area contributed by atoms with Crippen LogP contribution < -0.4 is 15.4 Å². The van der Waals surface area contributed by atoms with Crippen LogP contribution in [-0.4, -0.2) is 22.2 Å². The van der Waals surface area contributed by atoms with Crippen molar-refractivity contribution in [1.29, 1.82) is 0 Å². The average molecular weight is 351 g/mol. The Morgan fingerprint density at radius 1 is 1.38 bits per heavy atom. The normalized spacial score (nSPS) is 21.3. The molecule has 128 valence electrons. The lowest BCUT2D eigenvalue weighted by Crippen LogP contribution is -2.45. The largest absolute Gasteiger partial charge is 0.479 e. The van der Waals surface area contributed by atoms with Crippen LogP contribution >= 0.6 is 12.4 Å². The minimum absolute atomic E-state index is 0. The molecule has 0 spiro atoms. The molecule has 8 heteroatoms.